The maximum Gasteiger partial charge on any atom is 0.306 e. The van der Waals surface area contributed by atoms with Crippen LogP contribution in [-0.4, -0.2) is 37.2 Å². The zero-order valence-corrected chi connectivity index (χ0v) is 41.1. The Kier molecular flexibility index (Phi) is 48.5. The Morgan fingerprint density at radius 2 is 0.651 bits per heavy atom. The van der Waals surface area contributed by atoms with Crippen LogP contribution in [0.3, 0.4) is 0 Å². The molecule has 360 valence electrons. The van der Waals surface area contributed by atoms with E-state index in [9.17, 15) is 14.4 Å². The molecule has 6 heteroatoms. The molecule has 0 N–H and O–H groups in total. The smallest absolute Gasteiger partial charge is 0.306 e. The standard InChI is InChI=1S/C57H96O6/c1-4-7-10-13-16-19-22-25-27-28-30-32-35-38-41-44-47-50-56(59)62-53-54(52-61-55(58)49-46-43-40-37-34-31-24-21-18-15-12-9-6-3)63-57(60)51-48-45-42-39-36-33-29-26-23-20-17-14-11-8-5-2/h8-9,11-12,17-18,20-21,26,29,31,34,40,43,54H,4-7,10,13-16,19,22-25,27-28,30,32-33,35-39,41-42,44-53H2,1-3H3/b11-8-,12-9-,20-17-,21-18-,29-26-,34-31-,43-40-. The molecule has 0 spiro atoms. The van der Waals surface area contributed by atoms with Gasteiger partial charge in [-0.3, -0.25) is 14.4 Å². The van der Waals surface area contributed by atoms with Crippen molar-refractivity contribution >= 4 is 17.9 Å². The van der Waals surface area contributed by atoms with Crippen molar-refractivity contribution in [1.29, 1.82) is 0 Å². The van der Waals surface area contributed by atoms with Crippen LogP contribution in [0.4, 0.5) is 0 Å². The predicted molar refractivity (Wildman–Crippen MR) is 270 cm³/mol. The molecule has 0 aromatic heterocycles. The monoisotopic (exact) mass is 877 g/mol. The van der Waals surface area contributed by atoms with Gasteiger partial charge in [-0.15, -0.1) is 0 Å². The molecule has 1 atom stereocenters. The number of unbranched alkanes of at least 4 members (excludes halogenated alkanes) is 21. The second kappa shape index (κ2) is 51.2. The molecule has 0 bridgehead atoms. The fourth-order valence-corrected chi connectivity index (χ4v) is 7.06. The minimum absolute atomic E-state index is 0.104. The fraction of sp³-hybridized carbons (Fsp3) is 0.702. The third-order valence-corrected chi connectivity index (χ3v) is 10.9. The van der Waals surface area contributed by atoms with Crippen molar-refractivity contribution in [3.05, 3.63) is 85.1 Å². The van der Waals surface area contributed by atoms with E-state index in [-0.39, 0.29) is 37.5 Å². The maximum atomic E-state index is 12.8. The second-order valence-corrected chi connectivity index (χ2v) is 17.0. The van der Waals surface area contributed by atoms with Crippen molar-refractivity contribution in [3.63, 3.8) is 0 Å². The summed E-state index contributed by atoms with van der Waals surface area (Å²) >= 11 is 0. The lowest BCUT2D eigenvalue weighted by atomic mass is 10.0. The average molecular weight is 877 g/mol. The lowest BCUT2D eigenvalue weighted by molar-refractivity contribution is -0.166. The predicted octanol–water partition coefficient (Wildman–Crippen LogP) is 17.2. The second-order valence-electron chi connectivity index (χ2n) is 17.0. The first-order chi connectivity index (χ1) is 31.0. The van der Waals surface area contributed by atoms with E-state index in [1.165, 1.54) is 89.9 Å². The molecular weight excluding hydrogens is 781 g/mol. The van der Waals surface area contributed by atoms with Gasteiger partial charge in [-0.2, -0.15) is 0 Å². The van der Waals surface area contributed by atoms with E-state index in [4.69, 9.17) is 14.2 Å². The van der Waals surface area contributed by atoms with Gasteiger partial charge in [0.1, 0.15) is 13.2 Å². The third-order valence-electron chi connectivity index (χ3n) is 10.9. The van der Waals surface area contributed by atoms with E-state index in [0.717, 1.165) is 103 Å². The summed E-state index contributed by atoms with van der Waals surface area (Å²) in [4.78, 5) is 37.9. The third kappa shape index (κ3) is 49.5. The van der Waals surface area contributed by atoms with Crippen LogP contribution in [0, 0.1) is 0 Å². The normalized spacial score (nSPS) is 12.7. The highest BCUT2D eigenvalue weighted by Crippen LogP contribution is 2.15. The molecular formula is C57H96O6. The van der Waals surface area contributed by atoms with Gasteiger partial charge in [0.25, 0.3) is 0 Å². The molecule has 0 saturated heterocycles. The minimum atomic E-state index is -0.812. The van der Waals surface area contributed by atoms with Gasteiger partial charge in [0, 0.05) is 19.3 Å². The van der Waals surface area contributed by atoms with E-state index in [2.05, 4.69) is 93.7 Å². The number of ether oxygens (including phenoxy) is 3. The summed E-state index contributed by atoms with van der Waals surface area (Å²) in [5.74, 6) is -1.01. The van der Waals surface area contributed by atoms with Crippen molar-refractivity contribution in [3.8, 4) is 0 Å². The molecule has 0 aliphatic carbocycles. The van der Waals surface area contributed by atoms with Crippen LogP contribution in [0.5, 0.6) is 0 Å². The number of hydrogen-bond acceptors (Lipinski definition) is 6. The van der Waals surface area contributed by atoms with Crippen LogP contribution in [0.15, 0.2) is 85.1 Å². The van der Waals surface area contributed by atoms with Gasteiger partial charge in [0.15, 0.2) is 6.10 Å². The van der Waals surface area contributed by atoms with Crippen molar-refractivity contribution in [2.45, 2.75) is 245 Å². The van der Waals surface area contributed by atoms with Crippen molar-refractivity contribution in [2.24, 2.45) is 0 Å². The summed E-state index contributed by atoms with van der Waals surface area (Å²) in [7, 11) is 0. The highest BCUT2D eigenvalue weighted by atomic mass is 16.6. The number of allylic oxidation sites excluding steroid dienone is 14. The number of hydrogen-bond donors (Lipinski definition) is 0. The molecule has 0 aliphatic heterocycles. The Morgan fingerprint density at radius 3 is 1.06 bits per heavy atom. The van der Waals surface area contributed by atoms with Crippen LogP contribution >= 0.6 is 0 Å². The summed E-state index contributed by atoms with van der Waals surface area (Å²) in [5, 5.41) is 0. The largest absolute Gasteiger partial charge is 0.462 e. The number of carbonyl (C=O) groups excluding carboxylic acids is 3. The van der Waals surface area contributed by atoms with Gasteiger partial charge in [0.05, 0.1) is 0 Å². The zero-order chi connectivity index (χ0) is 45.8. The lowest BCUT2D eigenvalue weighted by Gasteiger charge is -2.18. The van der Waals surface area contributed by atoms with Gasteiger partial charge in [0.2, 0.25) is 0 Å². The highest BCUT2D eigenvalue weighted by Gasteiger charge is 2.19. The molecule has 0 aromatic carbocycles. The molecule has 0 radical (unpaired) electrons. The Morgan fingerprint density at radius 1 is 0.333 bits per heavy atom. The highest BCUT2D eigenvalue weighted by molar-refractivity contribution is 5.71. The molecule has 0 aliphatic rings. The van der Waals surface area contributed by atoms with Crippen LogP contribution < -0.4 is 0 Å². The molecule has 0 amide bonds. The van der Waals surface area contributed by atoms with Crippen LogP contribution in [-0.2, 0) is 28.6 Å². The Hall–Kier alpha value is -3.41. The molecule has 0 aromatic rings. The zero-order valence-electron chi connectivity index (χ0n) is 41.1. The summed E-state index contributed by atoms with van der Waals surface area (Å²) in [6.07, 6.45) is 65.8. The molecule has 0 saturated carbocycles. The van der Waals surface area contributed by atoms with Crippen molar-refractivity contribution in [1.82, 2.24) is 0 Å². The number of esters is 3. The Labute approximate surface area is 388 Å². The topological polar surface area (TPSA) is 78.9 Å². The van der Waals surface area contributed by atoms with Crippen LogP contribution in [0.25, 0.3) is 0 Å². The summed E-state index contributed by atoms with van der Waals surface area (Å²) in [5.41, 5.74) is 0. The van der Waals surface area contributed by atoms with Crippen molar-refractivity contribution in [2.75, 3.05) is 13.2 Å². The van der Waals surface area contributed by atoms with Crippen LogP contribution in [0.2, 0.25) is 0 Å². The first-order valence-electron chi connectivity index (χ1n) is 26.1. The van der Waals surface area contributed by atoms with E-state index < -0.39 is 6.10 Å². The molecule has 6 nitrogen and oxygen atoms in total. The molecule has 63 heavy (non-hydrogen) atoms. The Bertz CT molecular complexity index is 1240. The van der Waals surface area contributed by atoms with Gasteiger partial charge in [-0.05, 0) is 77.0 Å². The first kappa shape index (κ1) is 59.6. The molecule has 1 unspecified atom stereocenters. The van der Waals surface area contributed by atoms with E-state index in [0.29, 0.717) is 19.3 Å². The fourth-order valence-electron chi connectivity index (χ4n) is 7.06. The van der Waals surface area contributed by atoms with Crippen molar-refractivity contribution < 1.29 is 28.6 Å². The molecule has 0 heterocycles. The maximum absolute atomic E-state index is 12.8. The molecule has 0 rings (SSSR count). The Balaban J connectivity index is 4.46. The summed E-state index contributed by atoms with van der Waals surface area (Å²) in [6, 6.07) is 0. The van der Waals surface area contributed by atoms with Gasteiger partial charge < -0.3 is 14.2 Å². The van der Waals surface area contributed by atoms with Gasteiger partial charge in [-0.1, -0.05) is 228 Å². The van der Waals surface area contributed by atoms with E-state index in [1.807, 2.05) is 12.2 Å². The minimum Gasteiger partial charge on any atom is -0.462 e. The van der Waals surface area contributed by atoms with Crippen LogP contribution in [0.1, 0.15) is 239 Å². The number of carbonyl (C=O) groups is 3. The SMILES string of the molecule is CC/C=C\C/C=C\C/C=C\C/C=C\CCC(=O)OCC(COC(=O)CCCCCCCCCCCCCCCCCCC)OC(=O)CCCCCCC/C=C\C/C=C\C/C=C\CC. The van der Waals surface area contributed by atoms with E-state index >= 15 is 0 Å². The first-order valence-corrected chi connectivity index (χ1v) is 26.1. The average Bonchev–Trinajstić information content (AvgIpc) is 3.28. The van der Waals surface area contributed by atoms with E-state index in [1.54, 1.807) is 0 Å². The summed E-state index contributed by atoms with van der Waals surface area (Å²) < 4.78 is 16.7. The summed E-state index contributed by atoms with van der Waals surface area (Å²) in [6.45, 7) is 6.34. The lowest BCUT2D eigenvalue weighted by Crippen LogP contribution is -2.30. The number of rotatable bonds is 46. The molecule has 0 fully saturated rings. The van der Waals surface area contributed by atoms with Gasteiger partial charge in [-0.25, -0.2) is 0 Å². The quantitative estimate of drug-likeness (QED) is 0.0262. The van der Waals surface area contributed by atoms with Gasteiger partial charge >= 0.3 is 17.9 Å².